The van der Waals surface area contributed by atoms with E-state index in [1.165, 1.54) is 0 Å². The molecule has 0 fully saturated rings. The van der Waals surface area contributed by atoms with Gasteiger partial charge in [0.15, 0.2) is 0 Å². The van der Waals surface area contributed by atoms with Crippen LogP contribution in [-0.4, -0.2) is 29.9 Å². The summed E-state index contributed by atoms with van der Waals surface area (Å²) in [5.41, 5.74) is 3.41. The van der Waals surface area contributed by atoms with Crippen LogP contribution in [0.15, 0.2) is 52.9 Å². The Morgan fingerprint density at radius 2 is 2.03 bits per heavy atom. The second kappa shape index (κ2) is 8.82. The molecule has 2 heterocycles. The van der Waals surface area contributed by atoms with Crippen LogP contribution in [0.25, 0.3) is 11.5 Å². The van der Waals surface area contributed by atoms with Crippen LogP contribution in [-0.2, 0) is 22.4 Å². The fourth-order valence-electron chi connectivity index (χ4n) is 3.32. The number of benzene rings is 2. The van der Waals surface area contributed by atoms with E-state index < -0.39 is 0 Å². The van der Waals surface area contributed by atoms with Gasteiger partial charge in [-0.05, 0) is 49.2 Å². The van der Waals surface area contributed by atoms with Gasteiger partial charge in [-0.25, -0.2) is 4.98 Å². The van der Waals surface area contributed by atoms with Gasteiger partial charge < -0.3 is 19.8 Å². The summed E-state index contributed by atoms with van der Waals surface area (Å²) in [6.45, 7) is 2.54. The summed E-state index contributed by atoms with van der Waals surface area (Å²) in [5.74, 6) is 1.78. The van der Waals surface area contributed by atoms with Crippen LogP contribution in [0.5, 0.6) is 5.75 Å². The molecule has 1 aliphatic heterocycles. The van der Waals surface area contributed by atoms with E-state index in [-0.39, 0.29) is 18.2 Å². The summed E-state index contributed by atoms with van der Waals surface area (Å²) in [5, 5.41) is 5.69. The molecule has 1 aromatic heterocycles. The molecule has 0 aliphatic carbocycles. The number of anilines is 1. The van der Waals surface area contributed by atoms with E-state index in [1.54, 1.807) is 0 Å². The van der Waals surface area contributed by atoms with Crippen LogP contribution in [0.2, 0.25) is 0 Å². The summed E-state index contributed by atoms with van der Waals surface area (Å²) in [7, 11) is 0. The molecular formula is C23H23N3O4. The number of carbonyl (C=O) groups is 2. The molecular weight excluding hydrogens is 382 g/mol. The van der Waals surface area contributed by atoms with Crippen molar-refractivity contribution in [2.45, 2.75) is 26.2 Å². The highest BCUT2D eigenvalue weighted by molar-refractivity contribution is 5.94. The predicted octanol–water partition coefficient (Wildman–Crippen LogP) is 3.27. The van der Waals surface area contributed by atoms with Gasteiger partial charge in [-0.3, -0.25) is 9.59 Å². The van der Waals surface area contributed by atoms with Crippen molar-refractivity contribution in [3.8, 4) is 17.2 Å². The third kappa shape index (κ3) is 4.68. The molecule has 0 radical (unpaired) electrons. The first-order chi connectivity index (χ1) is 14.6. The number of aryl methyl sites for hydroxylation is 2. The third-order valence-electron chi connectivity index (χ3n) is 4.91. The second-order valence-corrected chi connectivity index (χ2v) is 7.13. The lowest BCUT2D eigenvalue weighted by atomic mass is 10.0. The van der Waals surface area contributed by atoms with E-state index in [4.69, 9.17) is 9.15 Å². The Labute approximate surface area is 174 Å². The van der Waals surface area contributed by atoms with Crippen molar-refractivity contribution >= 4 is 17.5 Å². The van der Waals surface area contributed by atoms with Crippen molar-refractivity contribution in [3.05, 3.63) is 65.5 Å². The van der Waals surface area contributed by atoms with Crippen LogP contribution < -0.4 is 15.4 Å². The van der Waals surface area contributed by atoms with Crippen LogP contribution in [0.4, 0.5) is 5.69 Å². The molecule has 4 rings (SSSR count). The summed E-state index contributed by atoms with van der Waals surface area (Å²) < 4.78 is 11.4. The van der Waals surface area contributed by atoms with E-state index in [9.17, 15) is 9.59 Å². The van der Waals surface area contributed by atoms with E-state index in [0.717, 1.165) is 22.6 Å². The molecule has 3 aromatic rings. The number of fused-ring (bicyclic) bond motifs is 1. The maximum atomic E-state index is 12.3. The van der Waals surface area contributed by atoms with Gasteiger partial charge in [-0.1, -0.05) is 18.2 Å². The zero-order valence-electron chi connectivity index (χ0n) is 16.7. The molecule has 2 amide bonds. The number of hydrogen-bond acceptors (Lipinski definition) is 5. The zero-order chi connectivity index (χ0) is 20.9. The number of hydrogen-bond donors (Lipinski definition) is 2. The summed E-state index contributed by atoms with van der Waals surface area (Å²) in [6.07, 6.45) is 1.35. The van der Waals surface area contributed by atoms with Crippen LogP contribution >= 0.6 is 0 Å². The quantitative estimate of drug-likeness (QED) is 0.589. The summed E-state index contributed by atoms with van der Waals surface area (Å²) in [6, 6.07) is 15.2. The molecule has 0 spiro atoms. The lowest BCUT2D eigenvalue weighted by Gasteiger charge is -2.17. The predicted molar refractivity (Wildman–Crippen MR) is 112 cm³/mol. The molecule has 2 N–H and O–H groups in total. The number of oxazole rings is 1. The Kier molecular flexibility index (Phi) is 5.79. The largest absolute Gasteiger partial charge is 0.492 e. The number of amides is 2. The lowest BCUT2D eigenvalue weighted by molar-refractivity contribution is -0.120. The molecule has 0 saturated heterocycles. The molecule has 0 saturated carbocycles. The Morgan fingerprint density at radius 1 is 1.20 bits per heavy atom. The highest BCUT2D eigenvalue weighted by atomic mass is 16.5. The summed E-state index contributed by atoms with van der Waals surface area (Å²) in [4.78, 5) is 28.1. The van der Waals surface area contributed by atoms with Crippen molar-refractivity contribution in [1.82, 2.24) is 10.3 Å². The minimum Gasteiger partial charge on any atom is -0.492 e. The summed E-state index contributed by atoms with van der Waals surface area (Å²) >= 11 is 0. The van der Waals surface area contributed by atoms with Crippen molar-refractivity contribution in [2.75, 3.05) is 18.5 Å². The lowest BCUT2D eigenvalue weighted by Crippen LogP contribution is -2.29. The van der Waals surface area contributed by atoms with Crippen molar-refractivity contribution in [2.24, 2.45) is 0 Å². The van der Waals surface area contributed by atoms with Crippen molar-refractivity contribution < 1.29 is 18.7 Å². The maximum absolute atomic E-state index is 12.3. The standard InChI is InChI=1S/C23H23N3O4/c1-15-20(26-23(30-15)16-5-3-2-4-6-16)14-22(28)24-11-12-29-18-8-9-19-17(13-18)7-10-21(27)25-19/h2-6,8-9,13H,7,10-12,14H2,1H3,(H,24,28)(H,25,27). The molecule has 154 valence electrons. The number of aromatic nitrogens is 1. The number of carbonyl (C=O) groups excluding carboxylic acids is 2. The Hall–Kier alpha value is -3.61. The highest BCUT2D eigenvalue weighted by Gasteiger charge is 2.16. The number of ether oxygens (including phenoxy) is 1. The van der Waals surface area contributed by atoms with Gasteiger partial charge in [0.25, 0.3) is 0 Å². The number of rotatable bonds is 7. The first-order valence-electron chi connectivity index (χ1n) is 9.92. The molecule has 1 aliphatic rings. The number of nitrogens with one attached hydrogen (secondary N) is 2. The van der Waals surface area contributed by atoms with E-state index >= 15 is 0 Å². The Balaban J connectivity index is 1.25. The zero-order valence-corrected chi connectivity index (χ0v) is 16.7. The van der Waals surface area contributed by atoms with E-state index in [0.29, 0.717) is 43.3 Å². The minimum atomic E-state index is -0.136. The molecule has 2 aromatic carbocycles. The topological polar surface area (TPSA) is 93.5 Å². The van der Waals surface area contributed by atoms with Gasteiger partial charge in [0.1, 0.15) is 18.1 Å². The molecule has 0 atom stereocenters. The van der Waals surface area contributed by atoms with Gasteiger partial charge in [0.2, 0.25) is 17.7 Å². The fraction of sp³-hybridized carbons (Fsp3) is 0.261. The molecule has 0 unspecified atom stereocenters. The fourth-order valence-corrected chi connectivity index (χ4v) is 3.32. The van der Waals surface area contributed by atoms with E-state index in [2.05, 4.69) is 15.6 Å². The van der Waals surface area contributed by atoms with Gasteiger partial charge in [0.05, 0.1) is 18.7 Å². The smallest absolute Gasteiger partial charge is 0.226 e. The first kappa shape index (κ1) is 19.7. The van der Waals surface area contributed by atoms with Gasteiger partial charge in [-0.2, -0.15) is 0 Å². The second-order valence-electron chi connectivity index (χ2n) is 7.13. The SMILES string of the molecule is Cc1oc(-c2ccccc2)nc1CC(=O)NCCOc1ccc2c(c1)CCC(=O)N2. The number of nitrogens with zero attached hydrogens (tertiary/aromatic N) is 1. The molecule has 7 nitrogen and oxygen atoms in total. The normalized spacial score (nSPS) is 12.8. The maximum Gasteiger partial charge on any atom is 0.226 e. The first-order valence-corrected chi connectivity index (χ1v) is 9.92. The van der Waals surface area contributed by atoms with E-state index in [1.807, 2.05) is 55.5 Å². The Morgan fingerprint density at radius 3 is 2.87 bits per heavy atom. The van der Waals surface area contributed by atoms with Gasteiger partial charge >= 0.3 is 0 Å². The monoisotopic (exact) mass is 405 g/mol. The van der Waals surface area contributed by atoms with Gasteiger partial charge in [-0.15, -0.1) is 0 Å². The average Bonchev–Trinajstić information content (AvgIpc) is 3.12. The van der Waals surface area contributed by atoms with Crippen LogP contribution in [0.1, 0.15) is 23.4 Å². The molecule has 7 heteroatoms. The average molecular weight is 405 g/mol. The minimum absolute atomic E-state index is 0.0390. The van der Waals surface area contributed by atoms with Crippen molar-refractivity contribution in [3.63, 3.8) is 0 Å². The Bertz CT molecular complexity index is 1060. The molecule has 30 heavy (non-hydrogen) atoms. The molecule has 0 bridgehead atoms. The van der Waals surface area contributed by atoms with Crippen molar-refractivity contribution in [1.29, 1.82) is 0 Å². The van der Waals surface area contributed by atoms with Gasteiger partial charge in [0, 0.05) is 17.7 Å². The van der Waals surface area contributed by atoms with Crippen LogP contribution in [0, 0.1) is 6.92 Å². The van der Waals surface area contributed by atoms with Crippen LogP contribution in [0.3, 0.4) is 0 Å². The highest BCUT2D eigenvalue weighted by Crippen LogP contribution is 2.26. The third-order valence-corrected chi connectivity index (χ3v) is 4.91.